The molecule has 0 amide bonds. The number of hydrogen-bond acceptors (Lipinski definition) is 2. The van der Waals surface area contributed by atoms with Gasteiger partial charge in [-0.25, -0.2) is 0 Å². The molecule has 114 valence electrons. The number of benzene rings is 1. The van der Waals surface area contributed by atoms with Crippen LogP contribution in [0.15, 0.2) is 36.5 Å². The van der Waals surface area contributed by atoms with Crippen molar-refractivity contribution in [3.63, 3.8) is 0 Å². The minimum atomic E-state index is 0.126. The van der Waals surface area contributed by atoms with Gasteiger partial charge >= 0.3 is 0 Å². The van der Waals surface area contributed by atoms with Crippen LogP contribution < -0.4 is 5.32 Å². The Labute approximate surface area is 128 Å². The highest BCUT2D eigenvalue weighted by Gasteiger charge is 2.20. The van der Waals surface area contributed by atoms with Gasteiger partial charge in [0, 0.05) is 37.3 Å². The van der Waals surface area contributed by atoms with Crippen LogP contribution in [0.4, 0.5) is 0 Å². The van der Waals surface area contributed by atoms with Crippen molar-refractivity contribution in [1.29, 1.82) is 0 Å². The van der Waals surface area contributed by atoms with Gasteiger partial charge in [-0.3, -0.25) is 4.68 Å². The zero-order valence-electron chi connectivity index (χ0n) is 13.9. The first-order valence-electron chi connectivity index (χ1n) is 7.69. The smallest absolute Gasteiger partial charge is 0.0694 e. The summed E-state index contributed by atoms with van der Waals surface area (Å²) in [5.41, 5.74) is 3.99. The fraction of sp³-hybridized carbons (Fsp3) is 0.500. The van der Waals surface area contributed by atoms with E-state index in [4.69, 9.17) is 0 Å². The Morgan fingerprint density at radius 3 is 2.48 bits per heavy atom. The van der Waals surface area contributed by atoms with Gasteiger partial charge in [-0.1, -0.05) is 58.0 Å². The zero-order valence-corrected chi connectivity index (χ0v) is 13.9. The largest absolute Gasteiger partial charge is 0.312 e. The van der Waals surface area contributed by atoms with Crippen LogP contribution >= 0.6 is 0 Å². The van der Waals surface area contributed by atoms with Crippen molar-refractivity contribution in [1.82, 2.24) is 15.1 Å². The molecule has 0 aliphatic rings. The van der Waals surface area contributed by atoms with E-state index >= 15 is 0 Å². The van der Waals surface area contributed by atoms with Gasteiger partial charge < -0.3 is 5.32 Å². The predicted molar refractivity (Wildman–Crippen MR) is 88.5 cm³/mol. The third-order valence-corrected chi connectivity index (χ3v) is 3.92. The summed E-state index contributed by atoms with van der Waals surface area (Å²) in [5, 5.41) is 8.16. The van der Waals surface area contributed by atoms with Crippen LogP contribution in [0.5, 0.6) is 0 Å². The Kier molecular flexibility index (Phi) is 4.84. The highest BCUT2D eigenvalue weighted by molar-refractivity contribution is 5.24. The number of aryl methyl sites for hydroxylation is 1. The molecular formula is C18H27N3. The van der Waals surface area contributed by atoms with E-state index in [-0.39, 0.29) is 5.41 Å². The molecule has 1 N–H and O–H groups in total. The number of aromatic nitrogens is 2. The van der Waals surface area contributed by atoms with Crippen molar-refractivity contribution in [3.8, 4) is 0 Å². The molecule has 1 aromatic carbocycles. The van der Waals surface area contributed by atoms with Crippen LogP contribution in [-0.4, -0.2) is 16.3 Å². The Morgan fingerprint density at radius 1 is 1.19 bits per heavy atom. The van der Waals surface area contributed by atoms with Gasteiger partial charge in [0.2, 0.25) is 0 Å². The molecule has 1 heterocycles. The molecule has 3 nitrogen and oxygen atoms in total. The number of rotatable bonds is 6. The van der Waals surface area contributed by atoms with E-state index in [1.54, 1.807) is 0 Å². The lowest BCUT2D eigenvalue weighted by molar-refractivity contribution is 0.468. The van der Waals surface area contributed by atoms with Gasteiger partial charge in [-0.2, -0.15) is 5.10 Å². The molecule has 21 heavy (non-hydrogen) atoms. The molecule has 0 aliphatic carbocycles. The van der Waals surface area contributed by atoms with Gasteiger partial charge in [0.1, 0.15) is 0 Å². The summed E-state index contributed by atoms with van der Waals surface area (Å²) < 4.78 is 1.91. The van der Waals surface area contributed by atoms with E-state index in [1.807, 2.05) is 11.7 Å². The van der Waals surface area contributed by atoms with Gasteiger partial charge in [-0.15, -0.1) is 0 Å². The first-order chi connectivity index (χ1) is 9.90. The third kappa shape index (κ3) is 3.94. The molecule has 0 saturated carbocycles. The molecule has 0 unspecified atom stereocenters. The maximum Gasteiger partial charge on any atom is 0.0694 e. The molecular weight excluding hydrogens is 258 g/mol. The highest BCUT2D eigenvalue weighted by Crippen LogP contribution is 2.22. The van der Waals surface area contributed by atoms with Gasteiger partial charge in [0.05, 0.1) is 5.69 Å². The summed E-state index contributed by atoms with van der Waals surface area (Å²) in [5.74, 6) is 0.463. The van der Waals surface area contributed by atoms with Crippen LogP contribution in [0.2, 0.25) is 0 Å². The fourth-order valence-electron chi connectivity index (χ4n) is 2.68. The molecule has 3 heteroatoms. The van der Waals surface area contributed by atoms with E-state index in [2.05, 4.69) is 74.6 Å². The summed E-state index contributed by atoms with van der Waals surface area (Å²) in [6, 6.07) is 10.7. The number of nitrogens with one attached hydrogen (secondary N) is 1. The monoisotopic (exact) mass is 285 g/mol. The van der Waals surface area contributed by atoms with Crippen LogP contribution in [0.3, 0.4) is 0 Å². The third-order valence-electron chi connectivity index (χ3n) is 3.92. The maximum atomic E-state index is 4.56. The second-order valence-corrected chi connectivity index (χ2v) is 6.72. The van der Waals surface area contributed by atoms with Crippen molar-refractivity contribution in [2.24, 2.45) is 7.05 Å². The summed E-state index contributed by atoms with van der Waals surface area (Å²) in [6.45, 7) is 10.8. The summed E-state index contributed by atoms with van der Waals surface area (Å²) in [7, 11) is 1.99. The average Bonchev–Trinajstić information content (AvgIpc) is 2.81. The van der Waals surface area contributed by atoms with Crippen molar-refractivity contribution >= 4 is 0 Å². The fourth-order valence-corrected chi connectivity index (χ4v) is 2.68. The molecule has 0 fully saturated rings. The second kappa shape index (κ2) is 6.44. The lowest BCUT2D eigenvalue weighted by Gasteiger charge is -2.25. The normalized spacial score (nSPS) is 12.1. The van der Waals surface area contributed by atoms with Crippen molar-refractivity contribution in [3.05, 3.63) is 53.3 Å². The molecule has 0 saturated heterocycles. The summed E-state index contributed by atoms with van der Waals surface area (Å²) in [6.07, 6.45) is 2.12. The van der Waals surface area contributed by atoms with E-state index in [0.29, 0.717) is 5.92 Å². The van der Waals surface area contributed by atoms with Crippen LogP contribution in [0, 0.1) is 0 Å². The zero-order chi connectivity index (χ0) is 15.5. The topological polar surface area (TPSA) is 29.9 Å². The van der Waals surface area contributed by atoms with Crippen LogP contribution in [0.1, 0.15) is 50.4 Å². The second-order valence-electron chi connectivity index (χ2n) is 6.72. The quantitative estimate of drug-likeness (QED) is 0.878. The maximum absolute atomic E-state index is 4.56. The molecule has 0 aliphatic heterocycles. The predicted octanol–water partition coefficient (Wildman–Crippen LogP) is 3.61. The minimum Gasteiger partial charge on any atom is -0.312 e. The molecule has 1 aromatic heterocycles. The van der Waals surface area contributed by atoms with E-state index < -0.39 is 0 Å². The minimum absolute atomic E-state index is 0.126. The van der Waals surface area contributed by atoms with Gasteiger partial charge in [0.15, 0.2) is 0 Å². The molecule has 2 aromatic rings. The first kappa shape index (κ1) is 15.8. The number of hydrogen-bond donors (Lipinski definition) is 1. The lowest BCUT2D eigenvalue weighted by Crippen LogP contribution is -2.32. The van der Waals surface area contributed by atoms with Gasteiger partial charge in [-0.05, 0) is 11.5 Å². The van der Waals surface area contributed by atoms with Crippen LogP contribution in [-0.2, 0) is 19.0 Å². The molecule has 2 rings (SSSR count). The van der Waals surface area contributed by atoms with Crippen molar-refractivity contribution in [2.45, 2.75) is 45.6 Å². The van der Waals surface area contributed by atoms with Crippen molar-refractivity contribution in [2.75, 3.05) is 6.54 Å². The Bertz CT molecular complexity index is 567. The Balaban J connectivity index is 1.98. The Hall–Kier alpha value is -1.61. The van der Waals surface area contributed by atoms with E-state index in [9.17, 15) is 0 Å². The summed E-state index contributed by atoms with van der Waals surface area (Å²) >= 11 is 0. The lowest BCUT2D eigenvalue weighted by atomic mass is 9.84. The van der Waals surface area contributed by atoms with Gasteiger partial charge in [0.25, 0.3) is 0 Å². The van der Waals surface area contributed by atoms with Crippen LogP contribution in [0.25, 0.3) is 0 Å². The Morgan fingerprint density at radius 2 is 1.86 bits per heavy atom. The molecule has 0 atom stereocenters. The van der Waals surface area contributed by atoms with E-state index in [0.717, 1.165) is 13.1 Å². The average molecular weight is 285 g/mol. The highest BCUT2D eigenvalue weighted by atomic mass is 15.3. The SMILES string of the molecule is CC(C)c1nn(C)cc1CNCC(C)(C)c1ccccc1. The molecule has 0 spiro atoms. The van der Waals surface area contributed by atoms with E-state index in [1.165, 1.54) is 16.8 Å². The standard InChI is InChI=1S/C18H27N3/c1-14(2)17-15(12-21(5)20-17)11-19-13-18(3,4)16-9-7-6-8-10-16/h6-10,12,14,19H,11,13H2,1-5H3. The summed E-state index contributed by atoms with van der Waals surface area (Å²) in [4.78, 5) is 0. The molecule has 0 radical (unpaired) electrons. The first-order valence-corrected chi connectivity index (χ1v) is 7.69. The number of nitrogens with zero attached hydrogens (tertiary/aromatic N) is 2. The van der Waals surface area contributed by atoms with Crippen molar-refractivity contribution < 1.29 is 0 Å². The molecule has 0 bridgehead atoms.